The average Bonchev–Trinajstić information content (AvgIpc) is 3.09. The Morgan fingerprint density at radius 2 is 1.89 bits per heavy atom. The summed E-state index contributed by atoms with van der Waals surface area (Å²) in [7, 11) is 0. The first-order valence-electron chi connectivity index (χ1n) is 9.65. The number of thiocarbonyl (C=S) groups is 1. The number of nitrogens with one attached hydrogen (secondary N) is 1. The second-order valence-electron chi connectivity index (χ2n) is 7.29. The Hall–Kier alpha value is -1.47. The smallest absolute Gasteiger partial charge is 0.230 e. The van der Waals surface area contributed by atoms with Gasteiger partial charge in [0, 0.05) is 19.5 Å². The summed E-state index contributed by atoms with van der Waals surface area (Å²) in [6.45, 7) is 7.56. The lowest BCUT2D eigenvalue weighted by Crippen LogP contribution is -2.34. The van der Waals surface area contributed by atoms with Crippen LogP contribution < -0.4 is 14.8 Å². The number of ether oxygens (including phenoxy) is 2. The summed E-state index contributed by atoms with van der Waals surface area (Å²) in [6, 6.07) is 5.87. The second-order valence-corrected chi connectivity index (χ2v) is 8.90. The Morgan fingerprint density at radius 1 is 1.19 bits per heavy atom. The Kier molecular flexibility index (Phi) is 7.24. The van der Waals surface area contributed by atoms with Gasteiger partial charge in [0.15, 0.2) is 11.5 Å². The lowest BCUT2D eigenvalue weighted by molar-refractivity contribution is -0.119. The van der Waals surface area contributed by atoms with Gasteiger partial charge in [0.25, 0.3) is 0 Å². The van der Waals surface area contributed by atoms with E-state index < -0.39 is 0 Å². The Labute approximate surface area is 171 Å². The zero-order valence-corrected chi connectivity index (χ0v) is 17.7. The van der Waals surface area contributed by atoms with Crippen LogP contribution in [0, 0.1) is 5.92 Å². The molecule has 1 amide bonds. The number of hydrogen-bond donors (Lipinski definition) is 1. The van der Waals surface area contributed by atoms with Crippen molar-refractivity contribution in [1.82, 2.24) is 10.2 Å². The molecular formula is C20H28N2O3S2. The van der Waals surface area contributed by atoms with Crippen LogP contribution in [-0.4, -0.2) is 47.2 Å². The third kappa shape index (κ3) is 5.51. The van der Waals surface area contributed by atoms with Gasteiger partial charge in [-0.2, -0.15) is 0 Å². The highest BCUT2D eigenvalue weighted by Gasteiger charge is 2.22. The molecule has 1 fully saturated rings. The average molecular weight is 409 g/mol. The summed E-state index contributed by atoms with van der Waals surface area (Å²) in [4.78, 5) is 14.7. The van der Waals surface area contributed by atoms with Crippen LogP contribution in [0.1, 0.15) is 44.7 Å². The van der Waals surface area contributed by atoms with Crippen molar-refractivity contribution in [2.75, 3.05) is 32.1 Å². The van der Waals surface area contributed by atoms with E-state index in [1.807, 2.05) is 18.2 Å². The summed E-state index contributed by atoms with van der Waals surface area (Å²) in [6.07, 6.45) is 3.25. The molecule has 1 atom stereocenters. The van der Waals surface area contributed by atoms with E-state index in [1.54, 1.807) is 0 Å². The van der Waals surface area contributed by atoms with Crippen molar-refractivity contribution in [1.29, 1.82) is 0 Å². The van der Waals surface area contributed by atoms with E-state index in [-0.39, 0.29) is 17.9 Å². The minimum Gasteiger partial charge on any atom is -0.490 e. The third-order valence-corrected chi connectivity index (χ3v) is 6.33. The van der Waals surface area contributed by atoms with Gasteiger partial charge in [-0.1, -0.05) is 43.9 Å². The zero-order valence-electron chi connectivity index (χ0n) is 16.0. The van der Waals surface area contributed by atoms with Gasteiger partial charge in [-0.05, 0) is 36.5 Å². The summed E-state index contributed by atoms with van der Waals surface area (Å²) < 4.78 is 12.3. The Bertz CT molecular complexity index is 675. The van der Waals surface area contributed by atoms with Crippen molar-refractivity contribution in [3.05, 3.63) is 23.8 Å². The first kappa shape index (κ1) is 20.3. The maximum Gasteiger partial charge on any atom is 0.230 e. The minimum absolute atomic E-state index is 0.00681. The molecule has 5 nitrogen and oxygen atoms in total. The molecule has 1 saturated heterocycles. The maximum absolute atomic E-state index is 12.5. The standard InChI is InChI=1S/C20H28N2O3S2/c1-14(2)19(15-6-7-16-17(12-15)25-11-5-10-24-16)21-18(23)13-27-20(26)22-8-3-4-9-22/h6-7,12,14,19H,3-5,8-11,13H2,1-2H3,(H,21,23)/t19-/m1/s1. The fourth-order valence-electron chi connectivity index (χ4n) is 3.34. The van der Waals surface area contributed by atoms with Crippen molar-refractivity contribution in [3.63, 3.8) is 0 Å². The van der Waals surface area contributed by atoms with Crippen LogP contribution in [0.25, 0.3) is 0 Å². The van der Waals surface area contributed by atoms with Crippen molar-refractivity contribution >= 4 is 34.2 Å². The van der Waals surface area contributed by atoms with Crippen LogP contribution in [-0.2, 0) is 4.79 Å². The third-order valence-electron chi connectivity index (χ3n) is 4.80. The molecule has 148 valence electrons. The number of amides is 1. The van der Waals surface area contributed by atoms with E-state index in [0.29, 0.717) is 19.0 Å². The molecule has 2 aliphatic rings. The molecular weight excluding hydrogens is 380 g/mol. The molecule has 0 spiro atoms. The molecule has 2 heterocycles. The first-order chi connectivity index (χ1) is 13.0. The Morgan fingerprint density at radius 3 is 2.59 bits per heavy atom. The van der Waals surface area contributed by atoms with E-state index in [0.717, 1.165) is 40.9 Å². The maximum atomic E-state index is 12.5. The quantitative estimate of drug-likeness (QED) is 0.749. The molecule has 0 aromatic heterocycles. The monoisotopic (exact) mass is 408 g/mol. The second kappa shape index (κ2) is 9.64. The van der Waals surface area contributed by atoms with E-state index >= 15 is 0 Å². The Balaban J connectivity index is 1.60. The van der Waals surface area contributed by atoms with Gasteiger partial charge in [0.1, 0.15) is 4.32 Å². The highest BCUT2D eigenvalue weighted by atomic mass is 32.2. The van der Waals surface area contributed by atoms with Gasteiger partial charge in [-0.3, -0.25) is 4.79 Å². The van der Waals surface area contributed by atoms with Crippen LogP contribution in [0.5, 0.6) is 11.5 Å². The first-order valence-corrected chi connectivity index (χ1v) is 11.0. The van der Waals surface area contributed by atoms with Gasteiger partial charge in [-0.15, -0.1) is 0 Å². The number of carbonyl (C=O) groups is 1. The molecule has 0 radical (unpaired) electrons. The molecule has 0 saturated carbocycles. The van der Waals surface area contributed by atoms with Crippen LogP contribution >= 0.6 is 24.0 Å². The van der Waals surface area contributed by atoms with Crippen LogP contribution in [0.15, 0.2) is 18.2 Å². The van der Waals surface area contributed by atoms with Gasteiger partial charge < -0.3 is 19.7 Å². The summed E-state index contributed by atoms with van der Waals surface area (Å²) >= 11 is 6.91. The highest BCUT2D eigenvalue weighted by molar-refractivity contribution is 8.23. The van der Waals surface area contributed by atoms with Crippen molar-refractivity contribution in [3.8, 4) is 11.5 Å². The zero-order chi connectivity index (χ0) is 19.2. The molecule has 0 unspecified atom stereocenters. The molecule has 3 rings (SSSR count). The van der Waals surface area contributed by atoms with Crippen LogP contribution in [0.3, 0.4) is 0 Å². The summed E-state index contributed by atoms with van der Waals surface area (Å²) in [5, 5.41) is 3.17. The van der Waals surface area contributed by atoms with Crippen molar-refractivity contribution < 1.29 is 14.3 Å². The molecule has 2 aliphatic heterocycles. The topological polar surface area (TPSA) is 50.8 Å². The van der Waals surface area contributed by atoms with E-state index in [4.69, 9.17) is 21.7 Å². The number of rotatable bonds is 5. The van der Waals surface area contributed by atoms with Gasteiger partial charge in [-0.25, -0.2) is 0 Å². The molecule has 1 aromatic carbocycles. The number of carbonyl (C=O) groups excluding carboxylic acids is 1. The molecule has 1 aromatic rings. The van der Waals surface area contributed by atoms with E-state index in [1.165, 1.54) is 24.6 Å². The van der Waals surface area contributed by atoms with Gasteiger partial charge in [0.2, 0.25) is 5.91 Å². The molecule has 0 aliphatic carbocycles. The van der Waals surface area contributed by atoms with Crippen molar-refractivity contribution in [2.45, 2.75) is 39.2 Å². The SMILES string of the molecule is CC(C)[C@@H](NC(=O)CSC(=S)N1CCCC1)c1ccc2c(c1)OCCCO2. The van der Waals surface area contributed by atoms with Gasteiger partial charge in [0.05, 0.1) is 25.0 Å². The fourth-order valence-corrected chi connectivity index (χ4v) is 4.40. The van der Waals surface area contributed by atoms with Crippen LogP contribution in [0.2, 0.25) is 0 Å². The minimum atomic E-state index is -0.0735. The number of hydrogen-bond acceptors (Lipinski definition) is 5. The lowest BCUT2D eigenvalue weighted by Gasteiger charge is -2.24. The highest BCUT2D eigenvalue weighted by Crippen LogP contribution is 2.34. The number of likely N-dealkylation sites (tertiary alicyclic amines) is 1. The number of benzene rings is 1. The largest absolute Gasteiger partial charge is 0.490 e. The van der Waals surface area contributed by atoms with Crippen LogP contribution in [0.4, 0.5) is 0 Å². The predicted octanol–water partition coefficient (Wildman–Crippen LogP) is 3.78. The number of fused-ring (bicyclic) bond motifs is 1. The lowest BCUT2D eigenvalue weighted by atomic mass is 9.95. The molecule has 27 heavy (non-hydrogen) atoms. The van der Waals surface area contributed by atoms with E-state index in [9.17, 15) is 4.79 Å². The van der Waals surface area contributed by atoms with E-state index in [2.05, 4.69) is 24.1 Å². The molecule has 0 bridgehead atoms. The fraction of sp³-hybridized carbons (Fsp3) is 0.600. The number of nitrogens with zero attached hydrogens (tertiary/aromatic N) is 1. The molecule has 1 N–H and O–H groups in total. The summed E-state index contributed by atoms with van der Waals surface area (Å²) in [5.74, 6) is 2.15. The van der Waals surface area contributed by atoms with Gasteiger partial charge >= 0.3 is 0 Å². The normalized spacial score (nSPS) is 17.5. The van der Waals surface area contributed by atoms with Crippen molar-refractivity contribution in [2.24, 2.45) is 5.92 Å². The summed E-state index contributed by atoms with van der Waals surface area (Å²) in [5.41, 5.74) is 1.04. The number of thioether (sulfide) groups is 1. The molecule has 7 heteroatoms. The predicted molar refractivity (Wildman–Crippen MR) is 114 cm³/mol.